The fourth-order valence-corrected chi connectivity index (χ4v) is 3.91. The first kappa shape index (κ1) is 15.4. The normalized spacial score (nSPS) is 18.5. The molecular formula is C14H16F2N2O3S. The van der Waals surface area contributed by atoms with Gasteiger partial charge in [0.25, 0.3) is 0 Å². The van der Waals surface area contributed by atoms with Crippen LogP contribution >= 0.6 is 0 Å². The Balaban J connectivity index is 1.84. The molecule has 1 aromatic rings. The second-order valence-corrected chi connectivity index (χ2v) is 7.56. The Kier molecular flexibility index (Phi) is 3.90. The number of rotatable bonds is 6. The summed E-state index contributed by atoms with van der Waals surface area (Å²) in [5, 5.41) is 2.72. The fraction of sp³-hybridized carbons (Fsp3) is 0.500. The molecule has 1 N–H and O–H groups in total. The largest absolute Gasteiger partial charge is 0.352 e. The maximum atomic E-state index is 13.8. The zero-order chi connectivity index (χ0) is 15.9. The molecule has 0 aromatic heterocycles. The molecule has 1 amide bonds. The predicted molar refractivity (Wildman–Crippen MR) is 74.4 cm³/mol. The number of sulfonamides is 1. The molecule has 0 saturated heterocycles. The number of amides is 1. The van der Waals surface area contributed by atoms with Crippen LogP contribution in [0.15, 0.2) is 23.1 Å². The SMILES string of the molecule is O=C(CN(C1CC1)S(=O)(=O)c1ccc(F)cc1F)NC1CC1. The highest BCUT2D eigenvalue weighted by Crippen LogP contribution is 2.32. The van der Waals surface area contributed by atoms with Crippen LogP contribution in [0.4, 0.5) is 8.78 Å². The van der Waals surface area contributed by atoms with Gasteiger partial charge in [0, 0.05) is 18.2 Å². The molecule has 2 aliphatic carbocycles. The molecule has 5 nitrogen and oxygen atoms in total. The van der Waals surface area contributed by atoms with Crippen LogP contribution in [0.5, 0.6) is 0 Å². The van der Waals surface area contributed by atoms with E-state index < -0.39 is 26.6 Å². The van der Waals surface area contributed by atoms with Crippen molar-refractivity contribution in [3.05, 3.63) is 29.8 Å². The van der Waals surface area contributed by atoms with Crippen LogP contribution < -0.4 is 5.32 Å². The number of carbonyl (C=O) groups excluding carboxylic acids is 1. The van der Waals surface area contributed by atoms with E-state index in [2.05, 4.69) is 5.32 Å². The third kappa shape index (κ3) is 3.27. The van der Waals surface area contributed by atoms with E-state index in [1.807, 2.05) is 0 Å². The Bertz CT molecular complexity index is 700. The molecule has 0 atom stereocenters. The van der Waals surface area contributed by atoms with E-state index in [4.69, 9.17) is 0 Å². The van der Waals surface area contributed by atoms with Crippen molar-refractivity contribution in [1.29, 1.82) is 0 Å². The monoisotopic (exact) mass is 330 g/mol. The van der Waals surface area contributed by atoms with Crippen LogP contribution in [0.3, 0.4) is 0 Å². The number of nitrogens with zero attached hydrogens (tertiary/aromatic N) is 1. The maximum Gasteiger partial charge on any atom is 0.246 e. The van der Waals surface area contributed by atoms with E-state index in [0.717, 1.165) is 29.3 Å². The van der Waals surface area contributed by atoms with E-state index in [9.17, 15) is 22.0 Å². The smallest absolute Gasteiger partial charge is 0.246 e. The van der Waals surface area contributed by atoms with Gasteiger partial charge in [-0.2, -0.15) is 4.31 Å². The summed E-state index contributed by atoms with van der Waals surface area (Å²) in [6.07, 6.45) is 3.07. The van der Waals surface area contributed by atoms with Crippen molar-refractivity contribution in [3.63, 3.8) is 0 Å². The van der Waals surface area contributed by atoms with Gasteiger partial charge in [0.2, 0.25) is 15.9 Å². The van der Waals surface area contributed by atoms with Crippen LogP contribution in [-0.4, -0.2) is 37.3 Å². The van der Waals surface area contributed by atoms with Gasteiger partial charge in [-0.15, -0.1) is 0 Å². The molecule has 2 fully saturated rings. The van der Waals surface area contributed by atoms with Crippen molar-refractivity contribution >= 4 is 15.9 Å². The number of benzene rings is 1. The highest BCUT2D eigenvalue weighted by molar-refractivity contribution is 7.89. The second kappa shape index (κ2) is 5.58. The lowest BCUT2D eigenvalue weighted by molar-refractivity contribution is -0.121. The fourth-order valence-electron chi connectivity index (χ4n) is 2.23. The Morgan fingerprint density at radius 1 is 1.23 bits per heavy atom. The highest BCUT2D eigenvalue weighted by Gasteiger charge is 2.40. The lowest BCUT2D eigenvalue weighted by Gasteiger charge is -2.21. The van der Waals surface area contributed by atoms with Crippen molar-refractivity contribution < 1.29 is 22.0 Å². The van der Waals surface area contributed by atoms with Gasteiger partial charge in [-0.05, 0) is 37.8 Å². The van der Waals surface area contributed by atoms with Gasteiger partial charge in [0.1, 0.15) is 16.5 Å². The average Bonchev–Trinajstić information content (AvgIpc) is 3.29. The zero-order valence-corrected chi connectivity index (χ0v) is 12.6. The first-order chi connectivity index (χ1) is 10.4. The number of nitrogens with one attached hydrogen (secondary N) is 1. The van der Waals surface area contributed by atoms with Crippen LogP contribution in [0.1, 0.15) is 25.7 Å². The lowest BCUT2D eigenvalue weighted by Crippen LogP contribution is -2.42. The van der Waals surface area contributed by atoms with E-state index in [1.54, 1.807) is 0 Å². The number of carbonyl (C=O) groups is 1. The topological polar surface area (TPSA) is 66.5 Å². The summed E-state index contributed by atoms with van der Waals surface area (Å²) in [7, 11) is -4.16. The first-order valence-electron chi connectivity index (χ1n) is 7.14. The average molecular weight is 330 g/mol. The van der Waals surface area contributed by atoms with Gasteiger partial charge in [-0.25, -0.2) is 17.2 Å². The molecule has 8 heteroatoms. The molecular weight excluding hydrogens is 314 g/mol. The molecule has 2 aliphatic rings. The summed E-state index contributed by atoms with van der Waals surface area (Å²) < 4.78 is 52.9. The van der Waals surface area contributed by atoms with Gasteiger partial charge in [0.15, 0.2) is 0 Å². The van der Waals surface area contributed by atoms with Crippen LogP contribution in [0.25, 0.3) is 0 Å². The van der Waals surface area contributed by atoms with E-state index in [0.29, 0.717) is 18.9 Å². The van der Waals surface area contributed by atoms with Gasteiger partial charge < -0.3 is 5.32 Å². The minimum absolute atomic E-state index is 0.124. The van der Waals surface area contributed by atoms with Crippen molar-refractivity contribution in [2.24, 2.45) is 0 Å². The quantitative estimate of drug-likeness (QED) is 0.857. The Labute approximate surface area is 127 Å². The summed E-state index contributed by atoms with van der Waals surface area (Å²) in [6, 6.07) is 2.15. The molecule has 1 aromatic carbocycles. The molecule has 0 heterocycles. The second-order valence-electron chi connectivity index (χ2n) is 5.70. The first-order valence-corrected chi connectivity index (χ1v) is 8.58. The van der Waals surface area contributed by atoms with Crippen molar-refractivity contribution in [2.45, 2.75) is 42.7 Å². The maximum absolute atomic E-state index is 13.8. The molecule has 0 aliphatic heterocycles. The van der Waals surface area contributed by atoms with Gasteiger partial charge >= 0.3 is 0 Å². The van der Waals surface area contributed by atoms with Gasteiger partial charge in [-0.1, -0.05) is 0 Å². The number of hydrogen-bond acceptors (Lipinski definition) is 3. The molecule has 3 rings (SSSR count). The summed E-state index contributed by atoms with van der Waals surface area (Å²) in [4.78, 5) is 11.3. The van der Waals surface area contributed by atoms with E-state index >= 15 is 0 Å². The molecule has 0 bridgehead atoms. The van der Waals surface area contributed by atoms with Crippen LogP contribution in [0.2, 0.25) is 0 Å². The molecule has 0 radical (unpaired) electrons. The lowest BCUT2D eigenvalue weighted by atomic mass is 10.3. The third-order valence-electron chi connectivity index (χ3n) is 3.68. The Hall–Kier alpha value is -1.54. The van der Waals surface area contributed by atoms with E-state index in [1.165, 1.54) is 0 Å². The zero-order valence-electron chi connectivity index (χ0n) is 11.8. The third-order valence-corrected chi connectivity index (χ3v) is 5.61. The molecule has 22 heavy (non-hydrogen) atoms. The number of hydrogen-bond donors (Lipinski definition) is 1. The van der Waals surface area contributed by atoms with Crippen LogP contribution in [-0.2, 0) is 14.8 Å². The minimum Gasteiger partial charge on any atom is -0.352 e. The predicted octanol–water partition coefficient (Wildman–Crippen LogP) is 1.40. The summed E-state index contributed by atoms with van der Waals surface area (Å²) >= 11 is 0. The van der Waals surface area contributed by atoms with Crippen molar-refractivity contribution in [2.75, 3.05) is 6.54 Å². The molecule has 120 valence electrons. The van der Waals surface area contributed by atoms with E-state index in [-0.39, 0.29) is 24.5 Å². The Morgan fingerprint density at radius 3 is 2.45 bits per heavy atom. The Morgan fingerprint density at radius 2 is 1.91 bits per heavy atom. The molecule has 0 spiro atoms. The number of halogens is 2. The molecule has 0 unspecified atom stereocenters. The standard InChI is InChI=1S/C14H16F2N2O3S/c15-9-1-6-13(12(16)7-9)22(20,21)18(11-4-5-11)8-14(19)17-10-2-3-10/h1,6-7,10-11H,2-5,8H2,(H,17,19). The van der Waals surface area contributed by atoms with Crippen LogP contribution in [0, 0.1) is 11.6 Å². The highest BCUT2D eigenvalue weighted by atomic mass is 32.2. The summed E-state index contributed by atoms with van der Waals surface area (Å²) in [5.74, 6) is -2.38. The van der Waals surface area contributed by atoms with Gasteiger partial charge in [-0.3, -0.25) is 4.79 Å². The van der Waals surface area contributed by atoms with Gasteiger partial charge in [0.05, 0.1) is 6.54 Å². The summed E-state index contributed by atoms with van der Waals surface area (Å²) in [5.41, 5.74) is 0. The summed E-state index contributed by atoms with van der Waals surface area (Å²) in [6.45, 7) is -0.333. The van der Waals surface area contributed by atoms with Crippen molar-refractivity contribution in [1.82, 2.24) is 9.62 Å². The minimum atomic E-state index is -4.16. The van der Waals surface area contributed by atoms with Crippen molar-refractivity contribution in [3.8, 4) is 0 Å². The molecule has 2 saturated carbocycles.